The zero-order valence-electron chi connectivity index (χ0n) is 10.3. The molecule has 17 heavy (non-hydrogen) atoms. The zero-order chi connectivity index (χ0) is 12.1. The van der Waals surface area contributed by atoms with Crippen LogP contribution in [0.15, 0.2) is 36.9 Å². The highest BCUT2D eigenvalue weighted by molar-refractivity contribution is 5.29. The second kappa shape index (κ2) is 5.99. The van der Waals surface area contributed by atoms with Crippen molar-refractivity contribution in [1.29, 1.82) is 0 Å². The summed E-state index contributed by atoms with van der Waals surface area (Å²) in [5.41, 5.74) is 2.87. The molecule has 1 aromatic rings. The summed E-state index contributed by atoms with van der Waals surface area (Å²) in [5, 5.41) is 9.89. The molecule has 0 saturated carbocycles. The maximum absolute atomic E-state index is 9.89. The molecule has 0 spiro atoms. The molecule has 0 saturated heterocycles. The van der Waals surface area contributed by atoms with Gasteiger partial charge in [-0.1, -0.05) is 30.3 Å². The van der Waals surface area contributed by atoms with Gasteiger partial charge in [0.25, 0.3) is 0 Å². The summed E-state index contributed by atoms with van der Waals surface area (Å²) in [4.78, 5) is 2.34. The molecule has 1 atom stereocenters. The van der Waals surface area contributed by atoms with E-state index in [-0.39, 0.29) is 6.10 Å². The molecule has 0 aromatic heterocycles. The maximum atomic E-state index is 9.89. The smallest absolute Gasteiger partial charge is 0.0670 e. The van der Waals surface area contributed by atoms with Crippen LogP contribution in [-0.2, 0) is 13.0 Å². The average Bonchev–Trinajstić information content (AvgIpc) is 2.36. The Hall–Kier alpha value is -1.12. The van der Waals surface area contributed by atoms with E-state index in [1.807, 2.05) is 6.08 Å². The van der Waals surface area contributed by atoms with Gasteiger partial charge in [0.2, 0.25) is 0 Å². The number of rotatable bonds is 5. The van der Waals surface area contributed by atoms with E-state index < -0.39 is 0 Å². The van der Waals surface area contributed by atoms with Crippen LogP contribution >= 0.6 is 0 Å². The molecular weight excluding hydrogens is 210 g/mol. The van der Waals surface area contributed by atoms with E-state index in [1.165, 1.54) is 11.1 Å². The molecule has 0 fully saturated rings. The highest BCUT2D eigenvalue weighted by Crippen LogP contribution is 2.18. The van der Waals surface area contributed by atoms with Gasteiger partial charge in [-0.15, -0.1) is 6.58 Å². The fourth-order valence-electron chi connectivity index (χ4n) is 2.41. The van der Waals surface area contributed by atoms with Gasteiger partial charge < -0.3 is 5.11 Å². The third-order valence-electron chi connectivity index (χ3n) is 3.38. The molecule has 0 radical (unpaired) electrons. The second-order valence-electron chi connectivity index (χ2n) is 4.77. The largest absolute Gasteiger partial charge is 0.392 e. The lowest BCUT2D eigenvalue weighted by atomic mass is 9.99. The summed E-state index contributed by atoms with van der Waals surface area (Å²) in [7, 11) is 0. The van der Waals surface area contributed by atoms with E-state index in [1.54, 1.807) is 0 Å². The summed E-state index contributed by atoms with van der Waals surface area (Å²) in [6.45, 7) is 6.50. The van der Waals surface area contributed by atoms with Crippen molar-refractivity contribution in [2.24, 2.45) is 0 Å². The number of hydrogen-bond donors (Lipinski definition) is 1. The number of aliphatic hydroxyl groups excluding tert-OH is 1. The SMILES string of the molecule is C=CCCC(O)CN1CCc2ccccc2C1. The van der Waals surface area contributed by atoms with Gasteiger partial charge >= 0.3 is 0 Å². The lowest BCUT2D eigenvalue weighted by molar-refractivity contribution is 0.0994. The molecule has 1 aliphatic rings. The molecule has 2 rings (SSSR count). The minimum Gasteiger partial charge on any atom is -0.392 e. The van der Waals surface area contributed by atoms with Crippen LogP contribution in [0.1, 0.15) is 24.0 Å². The van der Waals surface area contributed by atoms with Crippen LogP contribution in [0.3, 0.4) is 0 Å². The summed E-state index contributed by atoms with van der Waals surface area (Å²) in [6.07, 6.45) is 4.46. The van der Waals surface area contributed by atoms with Crippen molar-refractivity contribution in [2.75, 3.05) is 13.1 Å². The molecule has 92 valence electrons. The van der Waals surface area contributed by atoms with Gasteiger partial charge in [0.05, 0.1) is 6.10 Å². The van der Waals surface area contributed by atoms with Crippen molar-refractivity contribution in [1.82, 2.24) is 4.90 Å². The molecule has 2 heteroatoms. The van der Waals surface area contributed by atoms with Crippen molar-refractivity contribution < 1.29 is 5.11 Å². The van der Waals surface area contributed by atoms with Crippen molar-refractivity contribution in [2.45, 2.75) is 31.9 Å². The van der Waals surface area contributed by atoms with Crippen LogP contribution < -0.4 is 0 Å². The minimum atomic E-state index is -0.224. The standard InChI is InChI=1S/C15H21NO/c1-2-3-8-15(17)12-16-10-9-13-6-4-5-7-14(13)11-16/h2,4-7,15,17H,1,3,8-12H2. The summed E-state index contributed by atoms with van der Waals surface area (Å²) in [5.74, 6) is 0. The summed E-state index contributed by atoms with van der Waals surface area (Å²) in [6, 6.07) is 8.60. The summed E-state index contributed by atoms with van der Waals surface area (Å²) >= 11 is 0. The number of nitrogens with zero attached hydrogens (tertiary/aromatic N) is 1. The Bertz CT molecular complexity index is 375. The Morgan fingerprint density at radius 3 is 2.88 bits per heavy atom. The third-order valence-corrected chi connectivity index (χ3v) is 3.38. The lowest BCUT2D eigenvalue weighted by Crippen LogP contribution is -2.36. The molecule has 0 aliphatic carbocycles. The predicted molar refractivity (Wildman–Crippen MR) is 70.9 cm³/mol. The van der Waals surface area contributed by atoms with Crippen LogP contribution in [0.2, 0.25) is 0 Å². The lowest BCUT2D eigenvalue weighted by Gasteiger charge is -2.30. The Labute approximate surface area is 104 Å². The van der Waals surface area contributed by atoms with Crippen molar-refractivity contribution in [3.8, 4) is 0 Å². The molecule has 1 N–H and O–H groups in total. The van der Waals surface area contributed by atoms with E-state index in [9.17, 15) is 5.11 Å². The minimum absolute atomic E-state index is 0.224. The first-order chi connectivity index (χ1) is 8.29. The maximum Gasteiger partial charge on any atom is 0.0670 e. The van der Waals surface area contributed by atoms with E-state index in [0.29, 0.717) is 0 Å². The van der Waals surface area contributed by atoms with Gasteiger partial charge in [0.1, 0.15) is 0 Å². The average molecular weight is 231 g/mol. The van der Waals surface area contributed by atoms with Crippen LogP contribution in [0.5, 0.6) is 0 Å². The number of fused-ring (bicyclic) bond motifs is 1. The number of hydrogen-bond acceptors (Lipinski definition) is 2. The normalized spacial score (nSPS) is 17.5. The fourth-order valence-corrected chi connectivity index (χ4v) is 2.41. The van der Waals surface area contributed by atoms with Crippen molar-refractivity contribution in [3.63, 3.8) is 0 Å². The quantitative estimate of drug-likeness (QED) is 0.786. The van der Waals surface area contributed by atoms with E-state index in [0.717, 1.165) is 38.9 Å². The Kier molecular flexibility index (Phi) is 4.35. The fraction of sp³-hybridized carbons (Fsp3) is 0.467. The molecule has 0 bridgehead atoms. The van der Waals surface area contributed by atoms with Gasteiger partial charge in [-0.2, -0.15) is 0 Å². The van der Waals surface area contributed by atoms with Gasteiger partial charge in [0.15, 0.2) is 0 Å². The Balaban J connectivity index is 1.87. The van der Waals surface area contributed by atoms with Crippen molar-refractivity contribution >= 4 is 0 Å². The number of β-amino-alcohol motifs (C(OH)–C–C–N with tert-alkyl or cyclic N) is 1. The molecule has 2 nitrogen and oxygen atoms in total. The summed E-state index contributed by atoms with van der Waals surface area (Å²) < 4.78 is 0. The molecule has 1 aliphatic heterocycles. The molecule has 1 heterocycles. The van der Waals surface area contributed by atoms with Crippen LogP contribution in [-0.4, -0.2) is 29.2 Å². The Morgan fingerprint density at radius 2 is 2.12 bits per heavy atom. The first kappa shape index (κ1) is 12.3. The molecular formula is C15H21NO. The number of allylic oxidation sites excluding steroid dienone is 1. The Morgan fingerprint density at radius 1 is 1.35 bits per heavy atom. The van der Waals surface area contributed by atoms with Crippen molar-refractivity contribution in [3.05, 3.63) is 48.0 Å². The highest BCUT2D eigenvalue weighted by atomic mass is 16.3. The molecule has 0 amide bonds. The second-order valence-corrected chi connectivity index (χ2v) is 4.77. The molecule has 1 aromatic carbocycles. The van der Waals surface area contributed by atoms with E-state index in [2.05, 4.69) is 35.7 Å². The van der Waals surface area contributed by atoms with Gasteiger partial charge in [0, 0.05) is 19.6 Å². The zero-order valence-corrected chi connectivity index (χ0v) is 10.3. The van der Waals surface area contributed by atoms with Gasteiger partial charge in [-0.05, 0) is 30.4 Å². The van der Waals surface area contributed by atoms with Gasteiger partial charge in [-0.25, -0.2) is 0 Å². The monoisotopic (exact) mass is 231 g/mol. The van der Waals surface area contributed by atoms with Crippen LogP contribution in [0.4, 0.5) is 0 Å². The first-order valence-corrected chi connectivity index (χ1v) is 6.37. The van der Waals surface area contributed by atoms with E-state index >= 15 is 0 Å². The topological polar surface area (TPSA) is 23.5 Å². The molecule has 1 unspecified atom stereocenters. The van der Waals surface area contributed by atoms with Crippen LogP contribution in [0, 0.1) is 0 Å². The number of aliphatic hydroxyl groups is 1. The third kappa shape index (κ3) is 3.42. The van der Waals surface area contributed by atoms with Crippen LogP contribution in [0.25, 0.3) is 0 Å². The highest BCUT2D eigenvalue weighted by Gasteiger charge is 2.17. The predicted octanol–water partition coefficient (Wildman–Crippen LogP) is 2.37. The first-order valence-electron chi connectivity index (χ1n) is 6.37. The van der Waals surface area contributed by atoms with Gasteiger partial charge in [-0.3, -0.25) is 4.90 Å². The van der Waals surface area contributed by atoms with E-state index in [4.69, 9.17) is 0 Å². The number of benzene rings is 1.